The number of rotatable bonds is 3. The Labute approximate surface area is 104 Å². The quantitative estimate of drug-likeness (QED) is 0.773. The van der Waals surface area contributed by atoms with Crippen LogP contribution in [-0.2, 0) is 0 Å². The van der Waals surface area contributed by atoms with E-state index in [4.69, 9.17) is 10.00 Å². The van der Waals surface area contributed by atoms with Crippen LogP contribution in [0.25, 0.3) is 0 Å². The van der Waals surface area contributed by atoms with Gasteiger partial charge in [0.2, 0.25) is 0 Å². The van der Waals surface area contributed by atoms with Gasteiger partial charge in [-0.3, -0.25) is 0 Å². The zero-order valence-corrected chi connectivity index (χ0v) is 10.1. The highest BCUT2D eigenvalue weighted by molar-refractivity contribution is 7.98. The average Bonchev–Trinajstić information content (AvgIpc) is 2.40. The lowest BCUT2D eigenvalue weighted by atomic mass is 10.3. The van der Waals surface area contributed by atoms with E-state index in [2.05, 4.69) is 4.98 Å². The second-order valence-corrected chi connectivity index (χ2v) is 4.06. The SMILES string of the molecule is CSc1ccccc1Oc1cccnc1C#N. The molecule has 0 fully saturated rings. The third kappa shape index (κ3) is 2.58. The first-order chi connectivity index (χ1) is 8.35. The van der Waals surface area contributed by atoms with Crippen LogP contribution in [0.5, 0.6) is 11.5 Å². The number of ether oxygens (including phenoxy) is 1. The molecule has 1 aromatic heterocycles. The van der Waals surface area contributed by atoms with Crippen molar-refractivity contribution >= 4 is 11.8 Å². The van der Waals surface area contributed by atoms with E-state index in [1.54, 1.807) is 30.1 Å². The van der Waals surface area contributed by atoms with Crippen LogP contribution in [0, 0.1) is 11.3 Å². The summed E-state index contributed by atoms with van der Waals surface area (Å²) in [6, 6.07) is 13.2. The smallest absolute Gasteiger partial charge is 0.183 e. The molecule has 0 saturated heterocycles. The number of hydrogen-bond acceptors (Lipinski definition) is 4. The van der Waals surface area contributed by atoms with Crippen molar-refractivity contribution in [2.75, 3.05) is 6.26 Å². The third-order valence-corrected chi connectivity index (χ3v) is 2.94. The van der Waals surface area contributed by atoms with Gasteiger partial charge in [-0.05, 0) is 30.5 Å². The van der Waals surface area contributed by atoms with Crippen LogP contribution in [-0.4, -0.2) is 11.2 Å². The monoisotopic (exact) mass is 242 g/mol. The largest absolute Gasteiger partial charge is 0.453 e. The molecule has 0 spiro atoms. The fourth-order valence-corrected chi connectivity index (χ4v) is 1.90. The highest BCUT2D eigenvalue weighted by Gasteiger charge is 2.07. The summed E-state index contributed by atoms with van der Waals surface area (Å²) in [5.41, 5.74) is 0.295. The number of nitrogens with zero attached hydrogens (tertiary/aromatic N) is 2. The zero-order valence-electron chi connectivity index (χ0n) is 9.25. The number of nitriles is 1. The first kappa shape index (κ1) is 11.5. The summed E-state index contributed by atoms with van der Waals surface area (Å²) in [4.78, 5) is 4.98. The van der Waals surface area contributed by atoms with Gasteiger partial charge in [-0.25, -0.2) is 4.98 Å². The third-order valence-electron chi connectivity index (χ3n) is 2.17. The fraction of sp³-hybridized carbons (Fsp3) is 0.0769. The molecule has 3 nitrogen and oxygen atoms in total. The van der Waals surface area contributed by atoms with Gasteiger partial charge in [-0.2, -0.15) is 5.26 Å². The Bertz CT molecular complexity index is 563. The minimum absolute atomic E-state index is 0.295. The highest BCUT2D eigenvalue weighted by atomic mass is 32.2. The summed E-state index contributed by atoms with van der Waals surface area (Å²) in [6.07, 6.45) is 3.56. The minimum Gasteiger partial charge on any atom is -0.453 e. The van der Waals surface area contributed by atoms with Crippen molar-refractivity contribution in [1.82, 2.24) is 4.98 Å². The first-order valence-corrected chi connectivity index (χ1v) is 6.23. The molecule has 0 amide bonds. The van der Waals surface area contributed by atoms with E-state index in [9.17, 15) is 0 Å². The standard InChI is InChI=1S/C13H10N2OS/c1-17-13-7-3-2-5-12(13)16-11-6-4-8-15-10(11)9-14/h2-8H,1H3. The molecule has 17 heavy (non-hydrogen) atoms. The van der Waals surface area contributed by atoms with Crippen LogP contribution < -0.4 is 4.74 Å². The molecule has 1 aromatic carbocycles. The molecular weight excluding hydrogens is 232 g/mol. The van der Waals surface area contributed by atoms with Gasteiger partial charge >= 0.3 is 0 Å². The Kier molecular flexibility index (Phi) is 3.63. The summed E-state index contributed by atoms with van der Waals surface area (Å²) in [5.74, 6) is 1.22. The Balaban J connectivity index is 2.35. The van der Waals surface area contributed by atoms with Crippen molar-refractivity contribution in [2.45, 2.75) is 4.90 Å². The summed E-state index contributed by atoms with van der Waals surface area (Å²) in [7, 11) is 0. The summed E-state index contributed by atoms with van der Waals surface area (Å²) >= 11 is 1.60. The number of thioether (sulfide) groups is 1. The van der Waals surface area contributed by atoms with Crippen molar-refractivity contribution in [3.05, 3.63) is 48.3 Å². The van der Waals surface area contributed by atoms with Gasteiger partial charge < -0.3 is 4.74 Å². The minimum atomic E-state index is 0.295. The van der Waals surface area contributed by atoms with Gasteiger partial charge in [-0.15, -0.1) is 11.8 Å². The molecule has 0 aliphatic rings. The van der Waals surface area contributed by atoms with Gasteiger partial charge in [0.15, 0.2) is 11.4 Å². The summed E-state index contributed by atoms with van der Waals surface area (Å²) in [5, 5.41) is 8.93. The van der Waals surface area contributed by atoms with Gasteiger partial charge in [0.05, 0.1) is 0 Å². The maximum atomic E-state index is 8.93. The van der Waals surface area contributed by atoms with E-state index in [-0.39, 0.29) is 0 Å². The van der Waals surface area contributed by atoms with Crippen LogP contribution >= 0.6 is 11.8 Å². The molecule has 0 aliphatic heterocycles. The molecule has 2 rings (SSSR count). The molecule has 0 saturated carbocycles. The van der Waals surface area contributed by atoms with E-state index in [1.165, 1.54) is 0 Å². The zero-order chi connectivity index (χ0) is 12.1. The lowest BCUT2D eigenvalue weighted by molar-refractivity contribution is 0.467. The second-order valence-electron chi connectivity index (χ2n) is 3.21. The molecule has 84 valence electrons. The van der Waals surface area contributed by atoms with Crippen molar-refractivity contribution in [3.8, 4) is 17.6 Å². The lowest BCUT2D eigenvalue weighted by Gasteiger charge is -2.09. The maximum absolute atomic E-state index is 8.93. The van der Waals surface area contributed by atoms with E-state index in [1.807, 2.05) is 36.6 Å². The average molecular weight is 242 g/mol. The Morgan fingerprint density at radius 1 is 1.18 bits per heavy atom. The van der Waals surface area contributed by atoms with Crippen LogP contribution in [0.15, 0.2) is 47.5 Å². The molecule has 0 atom stereocenters. The van der Waals surface area contributed by atoms with Crippen molar-refractivity contribution in [1.29, 1.82) is 5.26 Å². The normalized spacial score (nSPS) is 9.65. The molecule has 4 heteroatoms. The number of aromatic nitrogens is 1. The van der Waals surface area contributed by atoms with Crippen LogP contribution in [0.4, 0.5) is 0 Å². The molecule has 0 aliphatic carbocycles. The number of hydrogen-bond donors (Lipinski definition) is 0. The molecule has 0 radical (unpaired) electrons. The van der Waals surface area contributed by atoms with Crippen LogP contribution in [0.1, 0.15) is 5.69 Å². The maximum Gasteiger partial charge on any atom is 0.183 e. The topological polar surface area (TPSA) is 45.9 Å². The number of pyridine rings is 1. The Morgan fingerprint density at radius 3 is 2.71 bits per heavy atom. The van der Waals surface area contributed by atoms with E-state index >= 15 is 0 Å². The molecule has 0 unspecified atom stereocenters. The van der Waals surface area contributed by atoms with Gasteiger partial charge in [0.25, 0.3) is 0 Å². The predicted molar refractivity (Wildman–Crippen MR) is 67.2 cm³/mol. The van der Waals surface area contributed by atoms with Gasteiger partial charge in [-0.1, -0.05) is 12.1 Å². The number of benzene rings is 1. The van der Waals surface area contributed by atoms with Crippen LogP contribution in [0.3, 0.4) is 0 Å². The highest BCUT2D eigenvalue weighted by Crippen LogP contribution is 2.31. The summed E-state index contributed by atoms with van der Waals surface area (Å²) < 4.78 is 5.72. The molecular formula is C13H10N2OS. The number of para-hydroxylation sites is 1. The molecule has 0 bridgehead atoms. The summed E-state index contributed by atoms with van der Waals surface area (Å²) in [6.45, 7) is 0. The Hall–Kier alpha value is -1.99. The van der Waals surface area contributed by atoms with Crippen molar-refractivity contribution in [2.24, 2.45) is 0 Å². The van der Waals surface area contributed by atoms with Gasteiger partial charge in [0.1, 0.15) is 11.8 Å². The van der Waals surface area contributed by atoms with Gasteiger partial charge in [0, 0.05) is 11.1 Å². The molecule has 0 N–H and O–H groups in total. The molecule has 1 heterocycles. The molecule has 2 aromatic rings. The lowest BCUT2D eigenvalue weighted by Crippen LogP contribution is -1.91. The van der Waals surface area contributed by atoms with Crippen molar-refractivity contribution < 1.29 is 4.74 Å². The Morgan fingerprint density at radius 2 is 1.94 bits per heavy atom. The first-order valence-electron chi connectivity index (χ1n) is 5.01. The van der Waals surface area contributed by atoms with E-state index in [0.29, 0.717) is 11.4 Å². The predicted octanol–water partition coefficient (Wildman–Crippen LogP) is 3.47. The van der Waals surface area contributed by atoms with E-state index in [0.717, 1.165) is 10.6 Å². The van der Waals surface area contributed by atoms with Crippen molar-refractivity contribution in [3.63, 3.8) is 0 Å². The van der Waals surface area contributed by atoms with Crippen LogP contribution in [0.2, 0.25) is 0 Å². The fourth-order valence-electron chi connectivity index (χ4n) is 1.38. The van der Waals surface area contributed by atoms with E-state index < -0.39 is 0 Å². The second kappa shape index (κ2) is 5.37.